The van der Waals surface area contributed by atoms with E-state index in [1.807, 2.05) is 0 Å². The van der Waals surface area contributed by atoms with Gasteiger partial charge in [-0.1, -0.05) is 13.5 Å². The topological polar surface area (TPSA) is 334 Å². The van der Waals surface area contributed by atoms with E-state index >= 15 is 0 Å². The first-order valence-corrected chi connectivity index (χ1v) is 17.5. The number of hydrogen-bond acceptors (Lipinski definition) is 12. The number of fused-ring (bicyclic) bond motifs is 2. The van der Waals surface area contributed by atoms with E-state index in [0.29, 0.717) is 0 Å². The number of nitrogen functional groups attached to an aromatic ring is 1. The van der Waals surface area contributed by atoms with E-state index in [4.69, 9.17) is 30.0 Å². The third-order valence-electron chi connectivity index (χ3n) is 6.42. The fourth-order valence-corrected chi connectivity index (χ4v) is 7.03. The Kier molecular flexibility index (Phi) is 12.4. The zero-order valence-corrected chi connectivity index (χ0v) is 26.9. The lowest BCUT2D eigenvalue weighted by Crippen LogP contribution is -2.47. The smallest absolute Gasteiger partial charge is 0.430 e. The highest BCUT2D eigenvalue weighted by Crippen LogP contribution is 2.45. The molecule has 2 aromatic carbocycles. The highest BCUT2D eigenvalue weighted by atomic mass is 32.2. The summed E-state index contributed by atoms with van der Waals surface area (Å²) in [6.07, 6.45) is -5.55. The Morgan fingerprint density at radius 3 is 1.96 bits per heavy atom. The molecule has 0 radical (unpaired) electrons. The lowest BCUT2D eigenvalue weighted by atomic mass is 9.89. The third-order valence-corrected chi connectivity index (χ3v) is 9.71. The predicted molar refractivity (Wildman–Crippen MR) is 165 cm³/mol. The fourth-order valence-electron chi connectivity index (χ4n) is 4.44. The number of aliphatic carboxylic acids is 1. The van der Waals surface area contributed by atoms with Crippen molar-refractivity contribution in [3.8, 4) is 22.5 Å². The molecule has 1 aliphatic heterocycles. The molecule has 0 unspecified atom stereocenters. The van der Waals surface area contributed by atoms with E-state index in [0.717, 1.165) is 30.3 Å². The molecule has 9 N–H and O–H groups in total. The molecule has 18 nitrogen and oxygen atoms in total. The van der Waals surface area contributed by atoms with Crippen LogP contribution in [0.25, 0.3) is 33.4 Å². The average Bonchev–Trinajstić information content (AvgIpc) is 2.96. The van der Waals surface area contributed by atoms with Crippen LogP contribution in [-0.2, 0) is 35.1 Å². The number of carbonyl (C=O) groups excluding carboxylic acids is 1. The lowest BCUT2D eigenvalue weighted by molar-refractivity contribution is -0.344. The van der Waals surface area contributed by atoms with E-state index in [2.05, 4.69) is 4.72 Å². The third kappa shape index (κ3) is 9.56. The quantitative estimate of drug-likeness (QED) is 0.0465. The minimum atomic E-state index is -5.19. The van der Waals surface area contributed by atoms with Crippen LogP contribution in [0.3, 0.4) is 0 Å². The van der Waals surface area contributed by atoms with Crippen molar-refractivity contribution < 1.29 is 87.1 Å². The van der Waals surface area contributed by atoms with Crippen LogP contribution in [0.4, 0.5) is 18.9 Å². The summed E-state index contributed by atoms with van der Waals surface area (Å²) in [7, 11) is -14.2. The second-order valence-corrected chi connectivity index (χ2v) is 14.5. The van der Waals surface area contributed by atoms with Gasteiger partial charge in [-0.15, -0.1) is 0 Å². The average molecular weight is 786 g/mol. The standard InChI is InChI=1S/C24H21N3O13S3.C2HF3O2.CH4/c25-16-6-4-13-18(12-3-2-11(23(28)29)10-15(12)24(30)31)14-5-7-17(26)22(43(37,38)39)20(14)40-19(13)21(16)42(35,36)27-8-1-9-41(32,33)34;3-2(4,5)1(6)7;/h2-7,10,26-27H,1,8-9,25H2,(H,28,29)(H,30,31)(H,32,33,34)(H,37,38,39);(H,6,7);1H4. The van der Waals surface area contributed by atoms with Crippen LogP contribution < -0.4 is 26.3 Å². The second kappa shape index (κ2) is 15.0. The van der Waals surface area contributed by atoms with Crippen LogP contribution in [0.1, 0.15) is 34.6 Å². The number of sulfonamides is 1. The Bertz CT molecular complexity index is 2410. The maximum absolute atomic E-state index is 13.4. The normalized spacial score (nSPS) is 12.1. The predicted octanol–water partition coefficient (Wildman–Crippen LogP) is -0.419. The molecule has 278 valence electrons. The van der Waals surface area contributed by atoms with Gasteiger partial charge in [0.1, 0.15) is 10.9 Å². The molecule has 0 spiro atoms. The number of aromatic carboxylic acids is 2. The molecule has 0 fully saturated rings. The summed E-state index contributed by atoms with van der Waals surface area (Å²) in [5, 5.41) is 33.3. The van der Waals surface area contributed by atoms with Gasteiger partial charge in [0.15, 0.2) is 11.3 Å². The van der Waals surface area contributed by atoms with Crippen molar-refractivity contribution in [1.82, 2.24) is 4.72 Å². The largest absolute Gasteiger partial charge is 0.542 e. The summed E-state index contributed by atoms with van der Waals surface area (Å²) >= 11 is 0. The molecule has 0 saturated heterocycles. The van der Waals surface area contributed by atoms with Gasteiger partial charge in [-0.05, 0) is 42.3 Å². The number of halogens is 3. The number of alkyl halides is 3. The van der Waals surface area contributed by atoms with Gasteiger partial charge >= 0.3 is 28.2 Å². The van der Waals surface area contributed by atoms with E-state index in [1.54, 1.807) is 0 Å². The van der Waals surface area contributed by atoms with Gasteiger partial charge in [0.05, 0.1) is 22.6 Å². The van der Waals surface area contributed by atoms with Gasteiger partial charge in [-0.2, -0.15) is 30.0 Å². The van der Waals surface area contributed by atoms with E-state index in [9.17, 15) is 62.8 Å². The molecule has 2 aromatic rings. The minimum Gasteiger partial charge on any atom is -0.542 e. The van der Waals surface area contributed by atoms with Gasteiger partial charge in [0, 0.05) is 29.1 Å². The number of anilines is 1. The first kappa shape index (κ1) is 42.0. The molecule has 51 heavy (non-hydrogen) atoms. The number of hydrogen-bond donors (Lipinski definition) is 7. The highest BCUT2D eigenvalue weighted by molar-refractivity contribution is 7.90. The molecular formula is C27H26F3N3O15S3. The number of nitrogens with one attached hydrogen (secondary N) is 1. The van der Waals surface area contributed by atoms with Crippen molar-refractivity contribution >= 4 is 64.8 Å². The van der Waals surface area contributed by atoms with Crippen LogP contribution in [0, 0.1) is 0 Å². The number of carbonyl (C=O) groups is 3. The van der Waals surface area contributed by atoms with Crippen molar-refractivity contribution in [2.24, 2.45) is 0 Å². The highest BCUT2D eigenvalue weighted by Gasteiger charge is 2.33. The summed E-state index contributed by atoms with van der Waals surface area (Å²) in [5.74, 6) is -7.51. The molecule has 0 aromatic heterocycles. The van der Waals surface area contributed by atoms with Crippen LogP contribution in [0.2, 0.25) is 0 Å². The molecular weight excluding hydrogens is 759 g/mol. The summed E-state index contributed by atoms with van der Waals surface area (Å²) in [5.41, 5.74) is 3.50. The molecule has 0 bridgehead atoms. The van der Waals surface area contributed by atoms with Crippen molar-refractivity contribution in [2.75, 3.05) is 18.0 Å². The van der Waals surface area contributed by atoms with Crippen molar-refractivity contribution in [3.05, 3.63) is 58.9 Å². The number of nitrogens with two attached hydrogens (primary N) is 2. The molecule has 1 heterocycles. The summed E-state index contributed by atoms with van der Waals surface area (Å²) in [6, 6.07) is 7.71. The Labute approximate surface area is 285 Å². The first-order valence-electron chi connectivity index (χ1n) is 13.0. The zero-order chi connectivity index (χ0) is 38.1. The van der Waals surface area contributed by atoms with Gasteiger partial charge in [0.2, 0.25) is 20.3 Å². The maximum Gasteiger partial charge on any atom is 0.430 e. The monoisotopic (exact) mass is 785 g/mol. The van der Waals surface area contributed by atoms with Crippen molar-refractivity contribution in [1.29, 1.82) is 0 Å². The SMILES string of the molecule is C.Nc1ccc2c(-c3ccc(C(=O)O)cc3C(=O)O)c3ccc(=[NH2+])c(S(=O)(=O)O)c-3oc2c1S(=O)(=O)NCCCS(=O)(=O)O.O=C([O-])C(F)(F)F. The molecule has 24 heteroatoms. The van der Waals surface area contributed by atoms with Gasteiger partial charge in [0.25, 0.3) is 10.1 Å². The molecule has 0 atom stereocenters. The van der Waals surface area contributed by atoms with E-state index in [1.165, 1.54) is 12.1 Å². The van der Waals surface area contributed by atoms with Gasteiger partial charge < -0.3 is 30.3 Å². The summed E-state index contributed by atoms with van der Waals surface area (Å²) in [4.78, 5) is 30.9. The number of carboxylic acid groups (broad SMARTS) is 3. The molecule has 1 aliphatic carbocycles. The summed E-state index contributed by atoms with van der Waals surface area (Å²) in [6.45, 7) is -0.499. The first-order chi connectivity index (χ1) is 22.8. The Hall–Kier alpha value is -5.14. The lowest BCUT2D eigenvalue weighted by Gasteiger charge is -2.20. The molecule has 4 rings (SSSR count). The van der Waals surface area contributed by atoms with Crippen LogP contribution in [0.15, 0.2) is 56.7 Å². The maximum atomic E-state index is 13.4. The second-order valence-electron chi connectivity index (χ2n) is 9.87. The minimum absolute atomic E-state index is 0. The fraction of sp³-hybridized carbons (Fsp3) is 0.185. The zero-order valence-electron chi connectivity index (χ0n) is 24.5. The molecule has 0 amide bonds. The Balaban J connectivity index is 0.00000102. The van der Waals surface area contributed by atoms with Crippen LogP contribution in [-0.4, -0.2) is 81.0 Å². The Morgan fingerprint density at radius 1 is 0.902 bits per heavy atom. The number of rotatable bonds is 10. The van der Waals surface area contributed by atoms with Crippen LogP contribution in [0.5, 0.6) is 0 Å². The van der Waals surface area contributed by atoms with Crippen LogP contribution >= 0.6 is 0 Å². The van der Waals surface area contributed by atoms with Crippen molar-refractivity contribution in [3.63, 3.8) is 0 Å². The Morgan fingerprint density at radius 2 is 1.47 bits per heavy atom. The van der Waals surface area contributed by atoms with Gasteiger partial charge in [-0.3, -0.25) is 14.5 Å². The van der Waals surface area contributed by atoms with Crippen molar-refractivity contribution in [2.45, 2.75) is 29.8 Å². The van der Waals surface area contributed by atoms with E-state index < -0.39 is 110 Å². The molecule has 0 saturated carbocycles. The number of benzene rings is 3. The number of carboxylic acids is 3. The summed E-state index contributed by atoms with van der Waals surface area (Å²) < 4.78 is 132. The molecule has 2 aliphatic rings. The van der Waals surface area contributed by atoms with E-state index in [-0.39, 0.29) is 35.9 Å². The van der Waals surface area contributed by atoms with Gasteiger partial charge in [-0.25, -0.2) is 22.7 Å².